The molecule has 122 valence electrons. The van der Waals surface area contributed by atoms with Crippen LogP contribution in [0.2, 0.25) is 0 Å². The first-order chi connectivity index (χ1) is 11.6. The first-order valence-electron chi connectivity index (χ1n) is 7.89. The van der Waals surface area contributed by atoms with E-state index in [1.807, 2.05) is 54.2 Å². The minimum Gasteiger partial charge on any atom is -0.360 e. The Balaban J connectivity index is 1.65. The van der Waals surface area contributed by atoms with Gasteiger partial charge in [0, 0.05) is 25.1 Å². The van der Waals surface area contributed by atoms with E-state index in [1.165, 1.54) is 11.1 Å². The molecule has 0 fully saturated rings. The molecule has 0 bridgehead atoms. The first kappa shape index (κ1) is 15.9. The lowest BCUT2D eigenvalue weighted by Gasteiger charge is -2.07. The predicted molar refractivity (Wildman–Crippen MR) is 90.5 cm³/mol. The molecule has 5 heteroatoms. The van der Waals surface area contributed by atoms with Crippen LogP contribution in [0.5, 0.6) is 0 Å². The summed E-state index contributed by atoms with van der Waals surface area (Å²) in [5.74, 6) is 0.964. The van der Waals surface area contributed by atoms with Crippen molar-refractivity contribution in [1.82, 2.24) is 5.16 Å². The minimum absolute atomic E-state index is 0.135. The summed E-state index contributed by atoms with van der Waals surface area (Å²) in [6.07, 6.45) is 4.73. The Labute approximate surface area is 140 Å². The average molecular weight is 322 g/mol. The van der Waals surface area contributed by atoms with Gasteiger partial charge in [0.15, 0.2) is 18.2 Å². The number of anilines is 1. The molecule has 1 aromatic carbocycles. The fourth-order valence-corrected chi connectivity index (χ4v) is 2.47. The van der Waals surface area contributed by atoms with Gasteiger partial charge in [-0.05, 0) is 24.5 Å². The predicted octanol–water partition coefficient (Wildman–Crippen LogP) is 3.06. The molecule has 24 heavy (non-hydrogen) atoms. The van der Waals surface area contributed by atoms with Crippen molar-refractivity contribution in [1.29, 1.82) is 0 Å². The summed E-state index contributed by atoms with van der Waals surface area (Å²) in [4.78, 5) is 12.3. The Morgan fingerprint density at radius 3 is 2.46 bits per heavy atom. The number of benzene rings is 1. The lowest BCUT2D eigenvalue weighted by Crippen LogP contribution is -2.44. The molecular formula is C19H20N3O2+. The van der Waals surface area contributed by atoms with E-state index in [2.05, 4.69) is 22.6 Å². The number of aryl methyl sites for hydroxylation is 1. The van der Waals surface area contributed by atoms with Crippen LogP contribution in [0.3, 0.4) is 0 Å². The topological polar surface area (TPSA) is 59.0 Å². The summed E-state index contributed by atoms with van der Waals surface area (Å²) in [6.45, 7) is 3.63. The van der Waals surface area contributed by atoms with Crippen LogP contribution in [0, 0.1) is 6.92 Å². The molecule has 0 spiro atoms. The van der Waals surface area contributed by atoms with Gasteiger partial charge in [0.2, 0.25) is 6.04 Å². The maximum atomic E-state index is 12.3. The Morgan fingerprint density at radius 1 is 1.17 bits per heavy atom. The van der Waals surface area contributed by atoms with Crippen LogP contribution in [0.4, 0.5) is 5.82 Å². The molecule has 0 aliphatic heterocycles. The Morgan fingerprint density at radius 2 is 1.83 bits per heavy atom. The normalized spacial score (nSPS) is 11.9. The summed E-state index contributed by atoms with van der Waals surface area (Å²) in [6, 6.07) is 15.7. The van der Waals surface area contributed by atoms with E-state index in [0.717, 1.165) is 6.42 Å². The highest BCUT2D eigenvalue weighted by Gasteiger charge is 2.22. The van der Waals surface area contributed by atoms with Crippen molar-refractivity contribution >= 4 is 11.7 Å². The van der Waals surface area contributed by atoms with E-state index in [-0.39, 0.29) is 11.9 Å². The standard InChI is InChI=1S/C19H19N3O2/c1-14-12-18(21-24-14)20-19(23)15(2)22-10-8-17(9-11-22)13-16-6-4-3-5-7-16/h3-12,15H,13H2,1-2H3/p+1/t15-/m1/s1. The second kappa shape index (κ2) is 7.08. The van der Waals surface area contributed by atoms with Gasteiger partial charge in [0.1, 0.15) is 5.76 Å². The maximum Gasteiger partial charge on any atom is 0.294 e. The van der Waals surface area contributed by atoms with Crippen LogP contribution in [-0.2, 0) is 11.2 Å². The smallest absolute Gasteiger partial charge is 0.294 e. The fourth-order valence-electron chi connectivity index (χ4n) is 2.47. The van der Waals surface area contributed by atoms with Gasteiger partial charge in [0.05, 0.1) is 0 Å². The molecule has 1 atom stereocenters. The molecule has 0 saturated carbocycles. The summed E-state index contributed by atoms with van der Waals surface area (Å²) in [5.41, 5.74) is 2.47. The van der Waals surface area contributed by atoms with Crippen molar-refractivity contribution in [2.24, 2.45) is 0 Å². The van der Waals surface area contributed by atoms with Crippen LogP contribution in [-0.4, -0.2) is 11.1 Å². The number of hydrogen-bond acceptors (Lipinski definition) is 3. The third-order valence-electron chi connectivity index (χ3n) is 3.88. The van der Waals surface area contributed by atoms with Crippen LogP contribution >= 0.6 is 0 Å². The van der Waals surface area contributed by atoms with Gasteiger partial charge in [-0.1, -0.05) is 35.5 Å². The van der Waals surface area contributed by atoms with E-state index in [4.69, 9.17) is 4.52 Å². The molecular weight excluding hydrogens is 302 g/mol. The van der Waals surface area contributed by atoms with Crippen LogP contribution in [0.25, 0.3) is 0 Å². The summed E-state index contributed by atoms with van der Waals surface area (Å²) >= 11 is 0. The van der Waals surface area contributed by atoms with Crippen molar-refractivity contribution in [2.45, 2.75) is 26.3 Å². The van der Waals surface area contributed by atoms with Crippen LogP contribution in [0.15, 0.2) is 65.4 Å². The molecule has 5 nitrogen and oxygen atoms in total. The Bertz CT molecular complexity index is 810. The number of hydrogen-bond donors (Lipinski definition) is 1. The van der Waals surface area contributed by atoms with E-state index >= 15 is 0 Å². The molecule has 2 heterocycles. The van der Waals surface area contributed by atoms with Crippen molar-refractivity contribution in [3.63, 3.8) is 0 Å². The van der Waals surface area contributed by atoms with Gasteiger partial charge >= 0.3 is 0 Å². The van der Waals surface area contributed by atoms with Crippen molar-refractivity contribution in [3.8, 4) is 0 Å². The number of pyridine rings is 1. The molecule has 0 radical (unpaired) electrons. The highest BCUT2D eigenvalue weighted by Crippen LogP contribution is 2.10. The van der Waals surface area contributed by atoms with Gasteiger partial charge < -0.3 is 9.84 Å². The first-order valence-corrected chi connectivity index (χ1v) is 7.89. The zero-order valence-corrected chi connectivity index (χ0v) is 13.8. The van der Waals surface area contributed by atoms with Gasteiger partial charge in [-0.25, -0.2) is 0 Å². The summed E-state index contributed by atoms with van der Waals surface area (Å²) in [7, 11) is 0. The third kappa shape index (κ3) is 3.87. The summed E-state index contributed by atoms with van der Waals surface area (Å²) in [5, 5.41) is 6.53. The highest BCUT2D eigenvalue weighted by atomic mass is 16.5. The zero-order chi connectivity index (χ0) is 16.9. The van der Waals surface area contributed by atoms with Gasteiger partial charge in [-0.3, -0.25) is 4.79 Å². The number of carbonyl (C=O) groups is 1. The quantitative estimate of drug-likeness (QED) is 0.735. The van der Waals surface area contributed by atoms with E-state index in [1.54, 1.807) is 13.0 Å². The number of rotatable bonds is 5. The average Bonchev–Trinajstić information content (AvgIpc) is 3.00. The highest BCUT2D eigenvalue weighted by molar-refractivity contribution is 5.91. The molecule has 0 saturated heterocycles. The monoisotopic (exact) mass is 322 g/mol. The molecule has 0 unspecified atom stereocenters. The van der Waals surface area contributed by atoms with Crippen molar-refractivity contribution < 1.29 is 13.9 Å². The van der Waals surface area contributed by atoms with Gasteiger partial charge in [-0.2, -0.15) is 4.57 Å². The minimum atomic E-state index is -0.340. The number of nitrogens with one attached hydrogen (secondary N) is 1. The molecule has 0 aliphatic rings. The number of carbonyl (C=O) groups excluding carboxylic acids is 1. The maximum absolute atomic E-state index is 12.3. The summed E-state index contributed by atoms with van der Waals surface area (Å²) < 4.78 is 6.82. The Hall–Kier alpha value is -2.95. The largest absolute Gasteiger partial charge is 0.360 e. The second-order valence-electron chi connectivity index (χ2n) is 5.80. The second-order valence-corrected chi connectivity index (χ2v) is 5.80. The van der Waals surface area contributed by atoms with E-state index < -0.39 is 0 Å². The van der Waals surface area contributed by atoms with Crippen LogP contribution in [0.1, 0.15) is 29.9 Å². The third-order valence-corrected chi connectivity index (χ3v) is 3.88. The van der Waals surface area contributed by atoms with Gasteiger partial charge in [-0.15, -0.1) is 0 Å². The van der Waals surface area contributed by atoms with E-state index in [9.17, 15) is 4.79 Å². The molecule has 0 aliphatic carbocycles. The number of amides is 1. The van der Waals surface area contributed by atoms with Crippen molar-refractivity contribution in [3.05, 3.63) is 77.8 Å². The Kier molecular flexibility index (Phi) is 4.70. The van der Waals surface area contributed by atoms with Gasteiger partial charge in [0.25, 0.3) is 5.91 Å². The molecule has 1 N–H and O–H groups in total. The lowest BCUT2D eigenvalue weighted by molar-refractivity contribution is -0.705. The molecule has 2 aromatic heterocycles. The van der Waals surface area contributed by atoms with Crippen LogP contribution < -0.4 is 9.88 Å². The fraction of sp³-hybridized carbons (Fsp3) is 0.211. The number of nitrogens with zero attached hydrogens (tertiary/aromatic N) is 2. The SMILES string of the molecule is Cc1cc(NC(=O)[C@@H](C)[n+]2ccc(Cc3ccccc3)cc2)no1. The lowest BCUT2D eigenvalue weighted by atomic mass is 10.1. The molecule has 3 rings (SSSR count). The van der Waals surface area contributed by atoms with E-state index in [0.29, 0.717) is 11.6 Å². The molecule has 3 aromatic rings. The number of aromatic nitrogens is 2. The van der Waals surface area contributed by atoms with Crippen molar-refractivity contribution in [2.75, 3.05) is 5.32 Å². The molecule has 1 amide bonds. The zero-order valence-electron chi connectivity index (χ0n) is 13.8.